The predicted molar refractivity (Wildman–Crippen MR) is 79.8 cm³/mol. The lowest BCUT2D eigenvalue weighted by molar-refractivity contribution is 0.0773. The molecule has 110 valence electrons. The van der Waals surface area contributed by atoms with Gasteiger partial charge in [0, 0.05) is 31.9 Å². The van der Waals surface area contributed by atoms with Crippen LogP contribution in [0.4, 0.5) is 0 Å². The fourth-order valence-electron chi connectivity index (χ4n) is 3.76. The lowest BCUT2D eigenvalue weighted by atomic mass is 9.78. The number of aryl methyl sites for hydroxylation is 1. The summed E-state index contributed by atoms with van der Waals surface area (Å²) in [7, 11) is 0. The molecule has 2 N–H and O–H groups in total. The lowest BCUT2D eigenvalue weighted by Crippen LogP contribution is -2.38. The third-order valence-corrected chi connectivity index (χ3v) is 5.07. The first-order valence-corrected chi connectivity index (χ1v) is 7.88. The van der Waals surface area contributed by atoms with E-state index < -0.39 is 0 Å². The Bertz CT molecular complexity index is 513. The summed E-state index contributed by atoms with van der Waals surface area (Å²) < 4.78 is 1.92. The Labute approximate surface area is 124 Å². The van der Waals surface area contributed by atoms with Crippen LogP contribution < -0.4 is 5.73 Å². The number of halogens is 1. The summed E-state index contributed by atoms with van der Waals surface area (Å²) in [6.07, 6.45) is 5.32. The van der Waals surface area contributed by atoms with E-state index in [-0.39, 0.29) is 11.9 Å². The van der Waals surface area contributed by atoms with Gasteiger partial charge in [-0.05, 0) is 37.7 Å². The minimum atomic E-state index is 0.0975. The quantitative estimate of drug-likeness (QED) is 0.910. The monoisotopic (exact) mass is 295 g/mol. The Balaban J connectivity index is 1.78. The summed E-state index contributed by atoms with van der Waals surface area (Å²) in [5.74, 6) is 1.16. The third kappa shape index (κ3) is 2.35. The van der Waals surface area contributed by atoms with Crippen LogP contribution in [-0.4, -0.2) is 34.5 Å². The zero-order valence-corrected chi connectivity index (χ0v) is 12.6. The molecule has 2 heterocycles. The first-order valence-electron chi connectivity index (χ1n) is 7.50. The number of amides is 1. The van der Waals surface area contributed by atoms with Crippen molar-refractivity contribution in [2.75, 3.05) is 13.1 Å². The molecule has 1 saturated carbocycles. The molecule has 3 unspecified atom stereocenters. The van der Waals surface area contributed by atoms with Crippen LogP contribution >= 0.6 is 11.6 Å². The molecule has 0 aromatic carbocycles. The number of hydrogen-bond donors (Lipinski definition) is 1. The van der Waals surface area contributed by atoms with E-state index in [9.17, 15) is 4.79 Å². The van der Waals surface area contributed by atoms with E-state index in [2.05, 4.69) is 0 Å². The summed E-state index contributed by atoms with van der Waals surface area (Å²) >= 11 is 6.03. The van der Waals surface area contributed by atoms with Crippen LogP contribution in [0.2, 0.25) is 5.02 Å². The van der Waals surface area contributed by atoms with Gasteiger partial charge < -0.3 is 15.2 Å². The SMILES string of the molecule is CCn1cc(Cl)cc1C(=O)N1CC2CCCC(N)C2C1. The van der Waals surface area contributed by atoms with Gasteiger partial charge in [-0.1, -0.05) is 18.0 Å². The van der Waals surface area contributed by atoms with Crippen LogP contribution in [0.1, 0.15) is 36.7 Å². The van der Waals surface area contributed by atoms with Gasteiger partial charge >= 0.3 is 0 Å². The van der Waals surface area contributed by atoms with Crippen molar-refractivity contribution in [3.8, 4) is 0 Å². The Morgan fingerprint density at radius 2 is 2.25 bits per heavy atom. The lowest BCUT2D eigenvalue weighted by Gasteiger charge is -2.29. The van der Waals surface area contributed by atoms with Crippen LogP contribution in [0.25, 0.3) is 0 Å². The average Bonchev–Trinajstić information content (AvgIpc) is 3.02. The second-order valence-corrected chi connectivity index (χ2v) is 6.49. The number of nitrogens with zero attached hydrogens (tertiary/aromatic N) is 2. The van der Waals surface area contributed by atoms with E-state index in [1.54, 1.807) is 6.07 Å². The largest absolute Gasteiger partial charge is 0.342 e. The number of carbonyl (C=O) groups excluding carboxylic acids is 1. The second-order valence-electron chi connectivity index (χ2n) is 6.06. The highest BCUT2D eigenvalue weighted by Gasteiger charge is 2.40. The zero-order chi connectivity index (χ0) is 14.3. The fraction of sp³-hybridized carbons (Fsp3) is 0.667. The molecule has 5 heteroatoms. The Kier molecular flexibility index (Phi) is 3.78. The topological polar surface area (TPSA) is 51.3 Å². The molecule has 2 aliphatic rings. The standard InChI is InChI=1S/C15H22ClN3O/c1-2-18-8-11(16)6-14(18)15(20)19-7-10-4-3-5-13(17)12(10)9-19/h6,8,10,12-13H,2-5,7,9,17H2,1H3. The molecule has 1 aliphatic heterocycles. The van der Waals surface area contributed by atoms with E-state index in [0.717, 1.165) is 26.1 Å². The van der Waals surface area contributed by atoms with Crippen molar-refractivity contribution in [2.45, 2.75) is 38.8 Å². The van der Waals surface area contributed by atoms with Crippen LogP contribution in [0, 0.1) is 11.8 Å². The minimum absolute atomic E-state index is 0.0975. The maximum absolute atomic E-state index is 12.7. The molecule has 1 aliphatic carbocycles. The second kappa shape index (κ2) is 5.41. The molecule has 4 nitrogen and oxygen atoms in total. The van der Waals surface area contributed by atoms with Crippen molar-refractivity contribution < 1.29 is 4.79 Å². The van der Waals surface area contributed by atoms with Crippen molar-refractivity contribution in [3.63, 3.8) is 0 Å². The summed E-state index contributed by atoms with van der Waals surface area (Å²) in [5, 5.41) is 0.628. The molecule has 0 radical (unpaired) electrons. The van der Waals surface area contributed by atoms with Crippen LogP contribution in [0.5, 0.6) is 0 Å². The molecule has 0 spiro atoms. The van der Waals surface area contributed by atoms with E-state index in [4.69, 9.17) is 17.3 Å². The Hall–Kier alpha value is -1.00. The zero-order valence-electron chi connectivity index (χ0n) is 11.9. The van der Waals surface area contributed by atoms with Crippen LogP contribution in [0.15, 0.2) is 12.3 Å². The first-order chi connectivity index (χ1) is 9.60. The summed E-state index contributed by atoms with van der Waals surface area (Å²) in [6.45, 7) is 4.43. The molecule has 20 heavy (non-hydrogen) atoms. The Morgan fingerprint density at radius 1 is 1.45 bits per heavy atom. The normalized spacial score (nSPS) is 29.6. The van der Waals surface area contributed by atoms with Crippen molar-refractivity contribution in [3.05, 3.63) is 23.0 Å². The number of aromatic nitrogens is 1. The van der Waals surface area contributed by atoms with Crippen LogP contribution in [-0.2, 0) is 6.54 Å². The number of carbonyl (C=O) groups is 1. The molecule has 3 rings (SSSR count). The highest BCUT2D eigenvalue weighted by atomic mass is 35.5. The van der Waals surface area contributed by atoms with Crippen molar-refractivity contribution in [2.24, 2.45) is 17.6 Å². The predicted octanol–water partition coefficient (Wildman–Crippen LogP) is 2.36. The highest BCUT2D eigenvalue weighted by Crippen LogP contribution is 2.36. The highest BCUT2D eigenvalue weighted by molar-refractivity contribution is 6.31. The first kappa shape index (κ1) is 14.0. The number of likely N-dealkylation sites (tertiary alicyclic amines) is 1. The number of fused-ring (bicyclic) bond motifs is 1. The van der Waals surface area contributed by atoms with E-state index >= 15 is 0 Å². The van der Waals surface area contributed by atoms with Gasteiger partial charge in [-0.2, -0.15) is 0 Å². The van der Waals surface area contributed by atoms with Gasteiger partial charge in [0.05, 0.1) is 5.02 Å². The summed E-state index contributed by atoms with van der Waals surface area (Å²) in [6, 6.07) is 2.03. The van der Waals surface area contributed by atoms with Gasteiger partial charge in [0.1, 0.15) is 5.69 Å². The van der Waals surface area contributed by atoms with Gasteiger partial charge in [-0.25, -0.2) is 0 Å². The van der Waals surface area contributed by atoms with Crippen molar-refractivity contribution >= 4 is 17.5 Å². The molecule has 0 bridgehead atoms. The van der Waals surface area contributed by atoms with E-state index in [1.807, 2.05) is 22.6 Å². The summed E-state index contributed by atoms with van der Waals surface area (Å²) in [5.41, 5.74) is 6.92. The fourth-order valence-corrected chi connectivity index (χ4v) is 3.98. The number of hydrogen-bond acceptors (Lipinski definition) is 2. The van der Waals surface area contributed by atoms with Gasteiger partial charge in [-0.15, -0.1) is 0 Å². The molecule has 1 aromatic heterocycles. The molecule has 2 fully saturated rings. The Morgan fingerprint density at radius 3 is 2.95 bits per heavy atom. The third-order valence-electron chi connectivity index (χ3n) is 4.86. The van der Waals surface area contributed by atoms with Crippen LogP contribution in [0.3, 0.4) is 0 Å². The molecule has 3 atom stereocenters. The maximum atomic E-state index is 12.7. The van der Waals surface area contributed by atoms with Gasteiger partial charge in [0.15, 0.2) is 0 Å². The molecule has 1 amide bonds. The van der Waals surface area contributed by atoms with Crippen molar-refractivity contribution in [1.29, 1.82) is 0 Å². The minimum Gasteiger partial charge on any atom is -0.342 e. The molecule has 1 aromatic rings. The maximum Gasteiger partial charge on any atom is 0.270 e. The summed E-state index contributed by atoms with van der Waals surface area (Å²) in [4.78, 5) is 14.7. The molecular weight excluding hydrogens is 274 g/mol. The van der Waals surface area contributed by atoms with Gasteiger partial charge in [-0.3, -0.25) is 4.79 Å². The molecule has 1 saturated heterocycles. The molecular formula is C15H22ClN3O. The van der Waals surface area contributed by atoms with Gasteiger partial charge in [0.25, 0.3) is 5.91 Å². The number of nitrogens with two attached hydrogens (primary N) is 1. The average molecular weight is 296 g/mol. The number of rotatable bonds is 2. The van der Waals surface area contributed by atoms with E-state index in [0.29, 0.717) is 22.6 Å². The van der Waals surface area contributed by atoms with Gasteiger partial charge in [0.2, 0.25) is 0 Å². The van der Waals surface area contributed by atoms with E-state index in [1.165, 1.54) is 12.8 Å². The smallest absolute Gasteiger partial charge is 0.270 e. The van der Waals surface area contributed by atoms with Crippen molar-refractivity contribution in [1.82, 2.24) is 9.47 Å².